The van der Waals surface area contributed by atoms with Crippen LogP contribution in [0.3, 0.4) is 0 Å². The van der Waals surface area contributed by atoms with E-state index in [4.69, 9.17) is 9.47 Å². The first kappa shape index (κ1) is 9.61. The predicted octanol–water partition coefficient (Wildman–Crippen LogP) is 1.68. The third kappa shape index (κ3) is 2.87. The summed E-state index contributed by atoms with van der Waals surface area (Å²) in [6.45, 7) is 4.79. The van der Waals surface area contributed by atoms with Crippen molar-refractivity contribution in [1.82, 2.24) is 0 Å². The van der Waals surface area contributed by atoms with Crippen molar-refractivity contribution in [2.24, 2.45) is 5.18 Å². The molecule has 0 amide bonds. The van der Waals surface area contributed by atoms with E-state index in [2.05, 4.69) is 5.18 Å². The van der Waals surface area contributed by atoms with Gasteiger partial charge in [-0.1, -0.05) is 5.18 Å². The van der Waals surface area contributed by atoms with Gasteiger partial charge in [-0.05, 0) is 26.7 Å². The van der Waals surface area contributed by atoms with Crippen LogP contribution in [-0.2, 0) is 9.47 Å². The summed E-state index contributed by atoms with van der Waals surface area (Å²) in [5.41, 5.74) is 0. The molecule has 0 N–H and O–H groups in total. The largest absolute Gasteiger partial charge is 0.348 e. The molecule has 12 heavy (non-hydrogen) atoms. The van der Waals surface area contributed by atoms with Gasteiger partial charge in [0.05, 0.1) is 19.3 Å². The van der Waals surface area contributed by atoms with Crippen molar-refractivity contribution in [2.75, 3.05) is 13.2 Å². The molecular formula is C8H15NO3. The lowest BCUT2D eigenvalue weighted by atomic mass is 10.2. The number of rotatable bonds is 4. The maximum atomic E-state index is 9.78. The van der Waals surface area contributed by atoms with Gasteiger partial charge in [0.25, 0.3) is 0 Å². The Morgan fingerprint density at radius 1 is 1.58 bits per heavy atom. The molecule has 0 aliphatic carbocycles. The number of hydrogen-bond acceptors (Lipinski definition) is 4. The molecule has 0 aromatic carbocycles. The summed E-state index contributed by atoms with van der Waals surface area (Å²) in [6.07, 6.45) is 1.78. The topological polar surface area (TPSA) is 47.9 Å². The van der Waals surface area contributed by atoms with E-state index in [9.17, 15) is 4.91 Å². The second-order valence-corrected chi connectivity index (χ2v) is 3.45. The molecule has 0 radical (unpaired) electrons. The Morgan fingerprint density at radius 2 is 2.33 bits per heavy atom. The van der Waals surface area contributed by atoms with E-state index in [0.29, 0.717) is 13.2 Å². The molecule has 1 aliphatic rings. The van der Waals surface area contributed by atoms with Crippen LogP contribution in [-0.4, -0.2) is 25.0 Å². The van der Waals surface area contributed by atoms with Crippen molar-refractivity contribution < 1.29 is 9.47 Å². The lowest BCUT2D eigenvalue weighted by Gasteiger charge is -2.16. The highest BCUT2D eigenvalue weighted by Gasteiger charge is 2.31. The highest BCUT2D eigenvalue weighted by Crippen LogP contribution is 2.24. The minimum atomic E-state index is -0.445. The summed E-state index contributed by atoms with van der Waals surface area (Å²) < 4.78 is 10.9. The van der Waals surface area contributed by atoms with E-state index in [1.165, 1.54) is 0 Å². The van der Waals surface area contributed by atoms with Crippen molar-refractivity contribution >= 4 is 0 Å². The molecule has 0 spiro atoms. The lowest BCUT2D eigenvalue weighted by Crippen LogP contribution is -2.21. The summed E-state index contributed by atoms with van der Waals surface area (Å²) in [5.74, 6) is -0.445. The van der Waals surface area contributed by atoms with E-state index in [1.807, 2.05) is 13.8 Å². The third-order valence-corrected chi connectivity index (χ3v) is 1.84. The molecular weight excluding hydrogens is 158 g/mol. The van der Waals surface area contributed by atoms with Gasteiger partial charge >= 0.3 is 0 Å². The van der Waals surface area contributed by atoms with Crippen LogP contribution in [0.25, 0.3) is 0 Å². The Balaban J connectivity index is 2.15. The predicted molar refractivity (Wildman–Crippen MR) is 44.8 cm³/mol. The quantitative estimate of drug-likeness (QED) is 0.480. The number of nitroso groups, excluding NO2 is 1. The zero-order valence-corrected chi connectivity index (χ0v) is 7.58. The Labute approximate surface area is 72.2 Å². The molecule has 0 aromatic rings. The van der Waals surface area contributed by atoms with Gasteiger partial charge in [0.15, 0.2) is 5.79 Å². The molecule has 0 saturated carbocycles. The molecule has 4 heteroatoms. The van der Waals surface area contributed by atoms with Gasteiger partial charge in [-0.25, -0.2) is 0 Å². The van der Waals surface area contributed by atoms with Crippen LogP contribution in [0.1, 0.15) is 26.7 Å². The fourth-order valence-electron chi connectivity index (χ4n) is 1.29. The minimum Gasteiger partial charge on any atom is -0.348 e. The van der Waals surface area contributed by atoms with Gasteiger partial charge in [0.2, 0.25) is 0 Å². The van der Waals surface area contributed by atoms with Crippen LogP contribution < -0.4 is 0 Å². The van der Waals surface area contributed by atoms with Gasteiger partial charge in [-0.3, -0.25) is 0 Å². The monoisotopic (exact) mass is 173 g/mol. The van der Waals surface area contributed by atoms with E-state index in [-0.39, 0.29) is 6.10 Å². The summed E-state index contributed by atoms with van der Waals surface area (Å²) in [5, 5.41) is 2.79. The summed E-state index contributed by atoms with van der Waals surface area (Å²) in [6, 6.07) is 0. The van der Waals surface area contributed by atoms with Gasteiger partial charge in [-0.2, -0.15) is 4.91 Å². The first-order chi connectivity index (χ1) is 5.64. The molecule has 1 unspecified atom stereocenters. The van der Waals surface area contributed by atoms with Crippen LogP contribution in [0.15, 0.2) is 5.18 Å². The molecule has 4 nitrogen and oxygen atoms in total. The summed E-state index contributed by atoms with van der Waals surface area (Å²) >= 11 is 0. The summed E-state index contributed by atoms with van der Waals surface area (Å²) in [7, 11) is 0. The molecule has 1 atom stereocenters. The SMILES string of the molecule is CC1(C)OCC(CCCN=O)O1. The second-order valence-electron chi connectivity index (χ2n) is 3.45. The average molecular weight is 173 g/mol. The van der Waals surface area contributed by atoms with E-state index < -0.39 is 5.79 Å². The minimum absolute atomic E-state index is 0.141. The van der Waals surface area contributed by atoms with Crippen LogP contribution in [0.2, 0.25) is 0 Å². The van der Waals surface area contributed by atoms with Crippen molar-refractivity contribution in [3.8, 4) is 0 Å². The molecule has 1 fully saturated rings. The van der Waals surface area contributed by atoms with Gasteiger partial charge in [0.1, 0.15) is 0 Å². The van der Waals surface area contributed by atoms with Gasteiger partial charge in [0, 0.05) is 0 Å². The fraction of sp³-hybridized carbons (Fsp3) is 1.00. The van der Waals surface area contributed by atoms with Gasteiger partial charge < -0.3 is 9.47 Å². The lowest BCUT2D eigenvalue weighted by molar-refractivity contribution is -0.138. The van der Waals surface area contributed by atoms with Crippen molar-refractivity contribution in [1.29, 1.82) is 0 Å². The molecule has 1 aliphatic heterocycles. The first-order valence-corrected chi connectivity index (χ1v) is 4.25. The Morgan fingerprint density at radius 3 is 2.83 bits per heavy atom. The van der Waals surface area contributed by atoms with E-state index in [0.717, 1.165) is 12.8 Å². The Bertz CT molecular complexity index is 158. The normalized spacial score (nSPS) is 27.3. The first-order valence-electron chi connectivity index (χ1n) is 4.25. The molecule has 70 valence electrons. The average Bonchev–Trinajstić information content (AvgIpc) is 2.31. The van der Waals surface area contributed by atoms with Crippen LogP contribution >= 0.6 is 0 Å². The molecule has 1 saturated heterocycles. The number of hydrogen-bond donors (Lipinski definition) is 0. The van der Waals surface area contributed by atoms with Crippen molar-refractivity contribution in [3.63, 3.8) is 0 Å². The number of ether oxygens (including phenoxy) is 2. The molecule has 0 aromatic heterocycles. The van der Waals surface area contributed by atoms with E-state index >= 15 is 0 Å². The standard InChI is InChI=1S/C8H15NO3/c1-8(2)11-6-7(12-8)4-3-5-9-10/h7H,3-6H2,1-2H3. The second kappa shape index (κ2) is 3.96. The number of nitrogens with zero attached hydrogens (tertiary/aromatic N) is 1. The highest BCUT2D eigenvalue weighted by atomic mass is 16.7. The van der Waals surface area contributed by atoms with Crippen molar-refractivity contribution in [3.05, 3.63) is 4.91 Å². The van der Waals surface area contributed by atoms with Gasteiger partial charge in [-0.15, -0.1) is 0 Å². The Kier molecular flexibility index (Phi) is 3.17. The van der Waals surface area contributed by atoms with Crippen LogP contribution in [0.5, 0.6) is 0 Å². The zero-order chi connectivity index (χ0) is 9.03. The van der Waals surface area contributed by atoms with Crippen LogP contribution in [0.4, 0.5) is 0 Å². The molecule has 1 rings (SSSR count). The fourth-order valence-corrected chi connectivity index (χ4v) is 1.29. The third-order valence-electron chi connectivity index (χ3n) is 1.84. The summed E-state index contributed by atoms with van der Waals surface area (Å²) in [4.78, 5) is 9.78. The highest BCUT2D eigenvalue weighted by molar-refractivity contribution is 4.70. The Hall–Kier alpha value is -0.480. The zero-order valence-electron chi connectivity index (χ0n) is 7.58. The maximum Gasteiger partial charge on any atom is 0.163 e. The maximum absolute atomic E-state index is 9.78. The smallest absolute Gasteiger partial charge is 0.163 e. The van der Waals surface area contributed by atoms with Crippen molar-refractivity contribution in [2.45, 2.75) is 38.6 Å². The molecule has 0 bridgehead atoms. The van der Waals surface area contributed by atoms with E-state index in [1.54, 1.807) is 0 Å². The molecule has 1 heterocycles. The van der Waals surface area contributed by atoms with Crippen LogP contribution in [0, 0.1) is 4.91 Å².